The molecule has 0 heterocycles. The molecule has 0 saturated heterocycles. The zero-order chi connectivity index (χ0) is 25.8. The second-order valence-electron chi connectivity index (χ2n) is 8.54. The van der Waals surface area contributed by atoms with Crippen LogP contribution in [0.5, 0.6) is 11.5 Å². The molecule has 0 bridgehead atoms. The van der Waals surface area contributed by atoms with Gasteiger partial charge in [0.25, 0.3) is 0 Å². The first-order chi connectivity index (χ1) is 17.4. The first kappa shape index (κ1) is 26.6. The SMILES string of the molecule is CC(C)OC(=O)NCCc1cc(OCCOc2ccc(-c3ccccc3)cc2)ccc1CCC(=O)O. The summed E-state index contributed by atoms with van der Waals surface area (Å²) in [6.45, 7) is 4.68. The minimum atomic E-state index is -0.853. The molecule has 7 heteroatoms. The molecule has 0 aliphatic rings. The van der Waals surface area contributed by atoms with E-state index in [1.54, 1.807) is 13.8 Å². The number of carbonyl (C=O) groups excluding carboxylic acids is 1. The summed E-state index contributed by atoms with van der Waals surface area (Å²) >= 11 is 0. The van der Waals surface area contributed by atoms with Crippen molar-refractivity contribution in [1.29, 1.82) is 0 Å². The Morgan fingerprint density at radius 1 is 0.806 bits per heavy atom. The molecular formula is C29H33NO6. The topological polar surface area (TPSA) is 94.1 Å². The van der Waals surface area contributed by atoms with Gasteiger partial charge in [-0.2, -0.15) is 0 Å². The van der Waals surface area contributed by atoms with Crippen molar-refractivity contribution in [3.63, 3.8) is 0 Å². The van der Waals surface area contributed by atoms with Crippen LogP contribution in [0.1, 0.15) is 31.4 Å². The molecule has 0 saturated carbocycles. The molecule has 0 fully saturated rings. The van der Waals surface area contributed by atoms with Crippen molar-refractivity contribution in [2.75, 3.05) is 19.8 Å². The van der Waals surface area contributed by atoms with E-state index < -0.39 is 12.1 Å². The number of carbonyl (C=O) groups is 2. The summed E-state index contributed by atoms with van der Waals surface area (Å²) in [4.78, 5) is 22.8. The predicted octanol–water partition coefficient (Wildman–Crippen LogP) is 5.51. The van der Waals surface area contributed by atoms with E-state index in [1.165, 1.54) is 0 Å². The number of ether oxygens (including phenoxy) is 3. The summed E-state index contributed by atoms with van der Waals surface area (Å²) in [7, 11) is 0. The first-order valence-corrected chi connectivity index (χ1v) is 12.1. The van der Waals surface area contributed by atoms with Crippen LogP contribution in [0.25, 0.3) is 11.1 Å². The Morgan fingerprint density at radius 3 is 2.11 bits per heavy atom. The minimum absolute atomic E-state index is 0.0346. The molecule has 3 rings (SSSR count). The third-order valence-electron chi connectivity index (χ3n) is 5.37. The molecule has 3 aromatic rings. The van der Waals surface area contributed by atoms with Crippen molar-refractivity contribution in [3.8, 4) is 22.6 Å². The molecule has 36 heavy (non-hydrogen) atoms. The Hall–Kier alpha value is -4.00. The van der Waals surface area contributed by atoms with Gasteiger partial charge in [-0.25, -0.2) is 4.79 Å². The maximum absolute atomic E-state index is 11.7. The normalized spacial score (nSPS) is 10.6. The quantitative estimate of drug-likeness (QED) is 0.307. The number of benzene rings is 3. The fourth-order valence-corrected chi connectivity index (χ4v) is 3.66. The second kappa shape index (κ2) is 13.8. The van der Waals surface area contributed by atoms with E-state index in [0.29, 0.717) is 38.3 Å². The van der Waals surface area contributed by atoms with E-state index in [9.17, 15) is 9.59 Å². The van der Waals surface area contributed by atoms with Crippen molar-refractivity contribution in [2.45, 2.75) is 39.2 Å². The van der Waals surface area contributed by atoms with Crippen molar-refractivity contribution in [3.05, 3.63) is 83.9 Å². The van der Waals surface area contributed by atoms with Crippen molar-refractivity contribution < 1.29 is 28.9 Å². The standard InChI is InChI=1S/C29H33NO6/c1-21(2)36-29(33)30-17-16-25-20-27(14-10-24(25)11-15-28(31)32)35-19-18-34-26-12-8-23(9-13-26)22-6-4-3-5-7-22/h3-10,12-14,20-21H,11,15-19H2,1-2H3,(H,30,33)(H,31,32). The second-order valence-corrected chi connectivity index (χ2v) is 8.54. The summed E-state index contributed by atoms with van der Waals surface area (Å²) < 4.78 is 16.8. The van der Waals surface area contributed by atoms with Gasteiger partial charge < -0.3 is 24.6 Å². The summed E-state index contributed by atoms with van der Waals surface area (Å²) in [6.07, 6.45) is 0.301. The van der Waals surface area contributed by atoms with E-state index in [0.717, 1.165) is 28.0 Å². The molecule has 0 aliphatic heterocycles. The zero-order valence-electron chi connectivity index (χ0n) is 20.7. The number of hydrogen-bond acceptors (Lipinski definition) is 5. The van der Waals surface area contributed by atoms with E-state index in [2.05, 4.69) is 17.4 Å². The summed E-state index contributed by atoms with van der Waals surface area (Å²) in [6, 6.07) is 23.7. The zero-order valence-corrected chi connectivity index (χ0v) is 20.7. The highest BCUT2D eigenvalue weighted by atomic mass is 16.6. The van der Waals surface area contributed by atoms with Crippen molar-refractivity contribution in [2.24, 2.45) is 0 Å². The van der Waals surface area contributed by atoms with Gasteiger partial charge in [-0.05, 0) is 73.2 Å². The molecule has 0 unspecified atom stereocenters. The van der Waals surface area contributed by atoms with Gasteiger partial charge in [0.05, 0.1) is 6.10 Å². The highest BCUT2D eigenvalue weighted by molar-refractivity contribution is 5.68. The van der Waals surface area contributed by atoms with Gasteiger partial charge in [-0.15, -0.1) is 0 Å². The Labute approximate surface area is 212 Å². The van der Waals surface area contributed by atoms with Crippen molar-refractivity contribution >= 4 is 12.1 Å². The average molecular weight is 492 g/mol. The Kier molecular flexibility index (Phi) is 10.2. The number of rotatable bonds is 13. The van der Waals surface area contributed by atoms with Crippen LogP contribution in [0.3, 0.4) is 0 Å². The fraction of sp³-hybridized carbons (Fsp3) is 0.310. The molecule has 0 aliphatic carbocycles. The largest absolute Gasteiger partial charge is 0.490 e. The van der Waals surface area contributed by atoms with E-state index in [1.807, 2.05) is 60.7 Å². The fourth-order valence-electron chi connectivity index (χ4n) is 3.66. The first-order valence-electron chi connectivity index (χ1n) is 12.1. The van der Waals surface area contributed by atoms with Crippen LogP contribution in [-0.2, 0) is 22.4 Å². The van der Waals surface area contributed by atoms with Gasteiger partial charge in [-0.3, -0.25) is 4.79 Å². The Balaban J connectivity index is 1.51. The third kappa shape index (κ3) is 8.98. The number of hydrogen-bond donors (Lipinski definition) is 2. The number of amides is 1. The average Bonchev–Trinajstić information content (AvgIpc) is 2.86. The molecule has 1 amide bonds. The maximum Gasteiger partial charge on any atom is 0.407 e. The predicted molar refractivity (Wildman–Crippen MR) is 139 cm³/mol. The van der Waals surface area contributed by atoms with E-state index in [4.69, 9.17) is 19.3 Å². The molecule has 0 spiro atoms. The number of nitrogens with one attached hydrogen (secondary N) is 1. The lowest BCUT2D eigenvalue weighted by Crippen LogP contribution is -2.28. The monoisotopic (exact) mass is 491 g/mol. The Morgan fingerprint density at radius 2 is 1.44 bits per heavy atom. The number of alkyl carbamates (subject to hydrolysis) is 1. The van der Waals surface area contributed by atoms with Crippen LogP contribution in [0.15, 0.2) is 72.8 Å². The van der Waals surface area contributed by atoms with Gasteiger partial charge in [0.2, 0.25) is 0 Å². The van der Waals surface area contributed by atoms with Gasteiger partial charge in [-0.1, -0.05) is 48.5 Å². The molecule has 190 valence electrons. The van der Waals surface area contributed by atoms with Gasteiger partial charge in [0.15, 0.2) is 0 Å². The van der Waals surface area contributed by atoms with Crippen molar-refractivity contribution in [1.82, 2.24) is 5.32 Å². The van der Waals surface area contributed by atoms with E-state index >= 15 is 0 Å². The molecule has 7 nitrogen and oxygen atoms in total. The number of aryl methyl sites for hydroxylation is 1. The van der Waals surface area contributed by atoms with Crippen LogP contribution in [0.4, 0.5) is 4.79 Å². The lowest BCUT2D eigenvalue weighted by molar-refractivity contribution is -0.136. The molecule has 2 N–H and O–H groups in total. The molecule has 0 aromatic heterocycles. The number of carboxylic acid groups (broad SMARTS) is 1. The van der Waals surface area contributed by atoms with Gasteiger partial charge in [0.1, 0.15) is 24.7 Å². The summed E-state index contributed by atoms with van der Waals surface area (Å²) in [5, 5.41) is 11.8. The highest BCUT2D eigenvalue weighted by Crippen LogP contribution is 2.23. The minimum Gasteiger partial charge on any atom is -0.490 e. The molecule has 0 atom stereocenters. The van der Waals surface area contributed by atoms with Crippen LogP contribution in [0.2, 0.25) is 0 Å². The third-order valence-corrected chi connectivity index (χ3v) is 5.37. The molecule has 0 radical (unpaired) electrons. The summed E-state index contributed by atoms with van der Waals surface area (Å²) in [5.41, 5.74) is 4.12. The maximum atomic E-state index is 11.7. The van der Waals surface area contributed by atoms with Gasteiger partial charge in [0, 0.05) is 13.0 Å². The van der Waals surface area contributed by atoms with Crippen LogP contribution >= 0.6 is 0 Å². The highest BCUT2D eigenvalue weighted by Gasteiger charge is 2.10. The van der Waals surface area contributed by atoms with Crippen LogP contribution in [0, 0.1) is 0 Å². The number of carboxylic acids is 1. The lowest BCUT2D eigenvalue weighted by atomic mass is 10.00. The Bertz CT molecular complexity index is 1110. The molecular weight excluding hydrogens is 458 g/mol. The lowest BCUT2D eigenvalue weighted by Gasteiger charge is -2.14. The van der Waals surface area contributed by atoms with E-state index in [-0.39, 0.29) is 12.5 Å². The van der Waals surface area contributed by atoms with Crippen LogP contribution in [-0.4, -0.2) is 43.0 Å². The summed E-state index contributed by atoms with van der Waals surface area (Å²) in [5.74, 6) is 0.577. The molecule has 3 aromatic carbocycles. The number of aliphatic carboxylic acids is 1. The smallest absolute Gasteiger partial charge is 0.407 e. The van der Waals surface area contributed by atoms with Crippen LogP contribution < -0.4 is 14.8 Å². The van der Waals surface area contributed by atoms with Gasteiger partial charge >= 0.3 is 12.1 Å².